The van der Waals surface area contributed by atoms with Gasteiger partial charge in [-0.3, -0.25) is 4.79 Å². The third kappa shape index (κ3) is 4.91. The number of amides is 1. The van der Waals surface area contributed by atoms with Gasteiger partial charge in [0.25, 0.3) is 0 Å². The smallest absolute Gasteiger partial charge is 0.243 e. The fraction of sp³-hybridized carbons (Fsp3) is 0.381. The van der Waals surface area contributed by atoms with Crippen molar-refractivity contribution in [3.63, 3.8) is 0 Å². The van der Waals surface area contributed by atoms with Crippen molar-refractivity contribution < 1.29 is 17.9 Å². The van der Waals surface area contributed by atoms with E-state index in [-0.39, 0.29) is 23.4 Å². The van der Waals surface area contributed by atoms with Gasteiger partial charge in [0.15, 0.2) is 0 Å². The molecule has 0 N–H and O–H groups in total. The molecule has 1 aliphatic rings. The number of benzene rings is 2. The molecule has 2 aromatic carbocycles. The van der Waals surface area contributed by atoms with Crippen molar-refractivity contribution >= 4 is 33.2 Å². The van der Waals surface area contributed by atoms with Crippen molar-refractivity contribution in [2.24, 2.45) is 5.92 Å². The van der Waals surface area contributed by atoms with Crippen LogP contribution >= 0.6 is 11.6 Å². The lowest BCUT2D eigenvalue weighted by Crippen LogP contribution is -2.46. The van der Waals surface area contributed by atoms with Gasteiger partial charge in [-0.1, -0.05) is 11.6 Å². The first-order valence-electron chi connectivity index (χ1n) is 9.42. The van der Waals surface area contributed by atoms with E-state index in [0.29, 0.717) is 16.7 Å². The maximum Gasteiger partial charge on any atom is 0.243 e. The summed E-state index contributed by atoms with van der Waals surface area (Å²) in [4.78, 5) is 15.0. The van der Waals surface area contributed by atoms with E-state index in [0.717, 1.165) is 22.8 Å². The molecular weight excluding hydrogens is 412 g/mol. The van der Waals surface area contributed by atoms with Gasteiger partial charge in [0, 0.05) is 23.8 Å². The fourth-order valence-electron chi connectivity index (χ4n) is 3.28. The van der Waals surface area contributed by atoms with Crippen LogP contribution in [-0.2, 0) is 14.8 Å². The zero-order valence-electron chi connectivity index (χ0n) is 16.7. The molecule has 0 saturated heterocycles. The molecule has 1 aliphatic carbocycles. The third-order valence-electron chi connectivity index (χ3n) is 5.21. The average molecular weight is 437 g/mol. The number of ether oxygens (including phenoxy) is 1. The van der Waals surface area contributed by atoms with E-state index < -0.39 is 10.0 Å². The number of likely N-dealkylation sites (N-methyl/N-ethyl adjacent to an activating group) is 1. The van der Waals surface area contributed by atoms with Gasteiger partial charge in [0.05, 0.1) is 18.6 Å². The fourth-order valence-corrected chi connectivity index (χ4v) is 4.52. The zero-order valence-corrected chi connectivity index (χ0v) is 18.3. The second-order valence-electron chi connectivity index (χ2n) is 7.25. The number of nitrogens with zero attached hydrogens (tertiary/aromatic N) is 2. The molecule has 29 heavy (non-hydrogen) atoms. The summed E-state index contributed by atoms with van der Waals surface area (Å²) >= 11 is 5.85. The molecule has 1 unspecified atom stereocenters. The highest BCUT2D eigenvalue weighted by Crippen LogP contribution is 2.37. The van der Waals surface area contributed by atoms with E-state index in [1.54, 1.807) is 24.1 Å². The quantitative estimate of drug-likeness (QED) is 0.631. The van der Waals surface area contributed by atoms with Crippen LogP contribution in [0, 0.1) is 5.92 Å². The molecule has 0 heterocycles. The summed E-state index contributed by atoms with van der Waals surface area (Å²) in [7, 11) is -0.803. The van der Waals surface area contributed by atoms with Gasteiger partial charge in [-0.15, -0.1) is 0 Å². The summed E-state index contributed by atoms with van der Waals surface area (Å²) in [6.45, 7) is 1.75. The third-order valence-corrected chi connectivity index (χ3v) is 7.28. The molecule has 0 aliphatic heterocycles. The molecule has 156 valence electrons. The minimum atomic E-state index is -3.80. The molecule has 3 rings (SSSR count). The lowest BCUT2D eigenvalue weighted by molar-refractivity contribution is -0.119. The molecular formula is C21H25ClN2O4S. The minimum absolute atomic E-state index is 0.0115. The number of rotatable bonds is 8. The van der Waals surface area contributed by atoms with Crippen LogP contribution in [0.5, 0.6) is 5.75 Å². The highest BCUT2D eigenvalue weighted by atomic mass is 35.5. The van der Waals surface area contributed by atoms with Gasteiger partial charge in [-0.05, 0) is 74.2 Å². The molecule has 1 saturated carbocycles. The summed E-state index contributed by atoms with van der Waals surface area (Å²) in [6.07, 6.45) is 2.14. The van der Waals surface area contributed by atoms with Crippen LogP contribution in [0.1, 0.15) is 19.8 Å². The lowest BCUT2D eigenvalue weighted by Gasteiger charge is -2.31. The normalized spacial score (nSPS) is 15.2. The predicted molar refractivity (Wildman–Crippen MR) is 114 cm³/mol. The van der Waals surface area contributed by atoms with E-state index >= 15 is 0 Å². The van der Waals surface area contributed by atoms with Gasteiger partial charge < -0.3 is 9.64 Å². The Morgan fingerprint density at radius 2 is 1.72 bits per heavy atom. The first-order valence-corrected chi connectivity index (χ1v) is 11.2. The number of sulfonamides is 1. The highest BCUT2D eigenvalue weighted by molar-refractivity contribution is 7.89. The Hall–Kier alpha value is -2.09. The number of carbonyl (C=O) groups is 1. The van der Waals surface area contributed by atoms with Crippen molar-refractivity contribution in [3.05, 3.63) is 53.6 Å². The van der Waals surface area contributed by atoms with E-state index in [1.807, 2.05) is 19.1 Å². The zero-order chi connectivity index (χ0) is 21.2. The lowest BCUT2D eigenvalue weighted by atomic mass is 10.1. The summed E-state index contributed by atoms with van der Waals surface area (Å²) in [6, 6.07) is 13.1. The Kier molecular flexibility index (Phi) is 6.51. The van der Waals surface area contributed by atoms with Crippen molar-refractivity contribution in [1.82, 2.24) is 4.31 Å². The number of halogens is 1. The first kappa shape index (κ1) is 21.6. The molecule has 6 nitrogen and oxygen atoms in total. The summed E-state index contributed by atoms with van der Waals surface area (Å²) in [5, 5.41) is 0.451. The van der Waals surface area contributed by atoms with Crippen LogP contribution in [0.2, 0.25) is 5.02 Å². The van der Waals surface area contributed by atoms with Crippen molar-refractivity contribution in [1.29, 1.82) is 0 Å². The van der Waals surface area contributed by atoms with E-state index in [4.69, 9.17) is 16.3 Å². The Balaban J connectivity index is 1.82. The van der Waals surface area contributed by atoms with Gasteiger partial charge in [0.1, 0.15) is 5.75 Å². The van der Waals surface area contributed by atoms with Crippen LogP contribution in [0.25, 0.3) is 0 Å². The van der Waals surface area contributed by atoms with Crippen molar-refractivity contribution in [2.45, 2.75) is 30.7 Å². The van der Waals surface area contributed by atoms with Gasteiger partial charge in [-0.2, -0.15) is 4.31 Å². The molecule has 0 radical (unpaired) electrons. The number of anilines is 1. The molecule has 0 bridgehead atoms. The minimum Gasteiger partial charge on any atom is -0.497 e. The van der Waals surface area contributed by atoms with Gasteiger partial charge in [-0.25, -0.2) is 8.42 Å². The van der Waals surface area contributed by atoms with Gasteiger partial charge >= 0.3 is 0 Å². The Bertz CT molecular complexity index is 957. The molecule has 1 amide bonds. The summed E-state index contributed by atoms with van der Waals surface area (Å²) in [5.74, 6) is 0.858. The molecule has 8 heteroatoms. The van der Waals surface area contributed by atoms with Crippen molar-refractivity contribution in [3.8, 4) is 5.75 Å². The predicted octanol–water partition coefficient (Wildman–Crippen LogP) is 3.80. The second-order valence-corrected chi connectivity index (χ2v) is 9.74. The molecule has 1 atom stereocenters. The molecule has 0 aromatic heterocycles. The second kappa shape index (κ2) is 8.73. The highest BCUT2D eigenvalue weighted by Gasteiger charge is 2.36. The van der Waals surface area contributed by atoms with Crippen LogP contribution < -0.4 is 9.64 Å². The number of hydrogen-bond acceptors (Lipinski definition) is 4. The number of hydrogen-bond donors (Lipinski definition) is 0. The van der Waals surface area contributed by atoms with Gasteiger partial charge in [0.2, 0.25) is 15.9 Å². The van der Waals surface area contributed by atoms with E-state index in [1.165, 1.54) is 31.3 Å². The van der Waals surface area contributed by atoms with E-state index in [9.17, 15) is 13.2 Å². The first-order chi connectivity index (χ1) is 13.7. The SMILES string of the molecule is COc1ccc(N(C(=O)CN(C)S(=O)(=O)c2ccc(Cl)cc2)C(C)C2CC2)cc1. The van der Waals surface area contributed by atoms with Crippen molar-refractivity contribution in [2.75, 3.05) is 25.6 Å². The Morgan fingerprint density at radius 1 is 1.14 bits per heavy atom. The number of methoxy groups -OCH3 is 1. The topological polar surface area (TPSA) is 66.9 Å². The van der Waals surface area contributed by atoms with E-state index in [2.05, 4.69) is 0 Å². The monoisotopic (exact) mass is 436 g/mol. The Labute approximate surface area is 177 Å². The molecule has 1 fully saturated rings. The molecule has 2 aromatic rings. The number of carbonyl (C=O) groups excluding carboxylic acids is 1. The van der Waals surface area contributed by atoms with Crippen LogP contribution in [0.4, 0.5) is 5.69 Å². The van der Waals surface area contributed by atoms with Crippen LogP contribution in [0.3, 0.4) is 0 Å². The maximum atomic E-state index is 13.2. The summed E-state index contributed by atoms with van der Waals surface area (Å²) < 4.78 is 31.9. The molecule has 0 spiro atoms. The summed E-state index contributed by atoms with van der Waals surface area (Å²) in [5.41, 5.74) is 0.729. The van der Waals surface area contributed by atoms with Crippen LogP contribution in [-0.4, -0.2) is 45.4 Å². The standard InChI is InChI=1S/C21H25ClN2O4S/c1-15(16-4-5-16)24(18-8-10-19(28-3)11-9-18)21(25)14-23(2)29(26,27)20-12-6-17(22)7-13-20/h6-13,15-16H,4-5,14H2,1-3H3. The Morgan fingerprint density at radius 3 is 2.24 bits per heavy atom. The largest absolute Gasteiger partial charge is 0.497 e. The van der Waals surface area contributed by atoms with Crippen LogP contribution in [0.15, 0.2) is 53.4 Å². The maximum absolute atomic E-state index is 13.2. The average Bonchev–Trinajstić information content (AvgIpc) is 3.54.